The molecule has 0 radical (unpaired) electrons. The molecule has 0 unspecified atom stereocenters. The minimum atomic E-state index is -1.25. The average molecular weight is 474 g/mol. The zero-order valence-corrected chi connectivity index (χ0v) is 19.5. The van der Waals surface area contributed by atoms with Crippen molar-refractivity contribution in [2.75, 3.05) is 37.5 Å². The number of nitrogens with zero attached hydrogens (tertiary/aromatic N) is 2. The number of methoxy groups -OCH3 is 1. The molecule has 0 aliphatic carbocycles. The fourth-order valence-corrected chi connectivity index (χ4v) is 3.20. The van der Waals surface area contributed by atoms with Gasteiger partial charge in [-0.1, -0.05) is 0 Å². The number of nitrogens with one attached hydrogen (secondary N) is 3. The van der Waals surface area contributed by atoms with E-state index in [0.717, 1.165) is 0 Å². The summed E-state index contributed by atoms with van der Waals surface area (Å²) in [4.78, 5) is 20.3. The average Bonchev–Trinajstić information content (AvgIpc) is 2.77. The number of benzene rings is 2. The zero-order valence-electron chi connectivity index (χ0n) is 19.5. The summed E-state index contributed by atoms with van der Waals surface area (Å²) in [7, 11) is 1.56. The van der Waals surface area contributed by atoms with Crippen molar-refractivity contribution < 1.29 is 23.0 Å². The van der Waals surface area contributed by atoms with Gasteiger partial charge in [0.25, 0.3) is 0 Å². The van der Waals surface area contributed by atoms with Gasteiger partial charge < -0.3 is 25.4 Å². The SMILES string of the molecule is COCCOc1cc(F)c2c(Nc3ccc(NC(=O)NCCCC(C)(C)F)cc3)ncnc2c1. The van der Waals surface area contributed by atoms with E-state index >= 15 is 0 Å². The third-order valence-corrected chi connectivity index (χ3v) is 4.86. The number of anilines is 3. The highest BCUT2D eigenvalue weighted by atomic mass is 19.1. The second-order valence-corrected chi connectivity index (χ2v) is 8.27. The van der Waals surface area contributed by atoms with Crippen molar-refractivity contribution in [3.8, 4) is 5.75 Å². The van der Waals surface area contributed by atoms with Crippen LogP contribution >= 0.6 is 0 Å². The first-order valence-corrected chi connectivity index (χ1v) is 10.9. The molecule has 0 spiro atoms. The van der Waals surface area contributed by atoms with Crippen LogP contribution in [0.1, 0.15) is 26.7 Å². The van der Waals surface area contributed by atoms with E-state index in [1.807, 2.05) is 0 Å². The van der Waals surface area contributed by atoms with Gasteiger partial charge in [-0.15, -0.1) is 0 Å². The molecule has 1 aromatic heterocycles. The molecule has 3 aromatic rings. The molecule has 3 N–H and O–H groups in total. The topological polar surface area (TPSA) is 97.4 Å². The lowest BCUT2D eigenvalue weighted by atomic mass is 10.1. The molecule has 0 fully saturated rings. The van der Waals surface area contributed by atoms with Gasteiger partial charge in [-0.25, -0.2) is 23.5 Å². The minimum Gasteiger partial charge on any atom is -0.491 e. The van der Waals surface area contributed by atoms with E-state index in [4.69, 9.17) is 9.47 Å². The van der Waals surface area contributed by atoms with Crippen molar-refractivity contribution in [3.05, 3.63) is 48.5 Å². The van der Waals surface area contributed by atoms with Crippen molar-refractivity contribution in [2.24, 2.45) is 0 Å². The fraction of sp³-hybridized carbons (Fsp3) is 0.375. The number of alkyl halides is 1. The van der Waals surface area contributed by atoms with Crippen molar-refractivity contribution in [1.82, 2.24) is 15.3 Å². The predicted octanol–water partition coefficient (Wildman–Crippen LogP) is 5.19. The quantitative estimate of drug-likeness (QED) is 0.332. The van der Waals surface area contributed by atoms with Gasteiger partial charge >= 0.3 is 6.03 Å². The van der Waals surface area contributed by atoms with E-state index in [-0.39, 0.29) is 11.4 Å². The lowest BCUT2D eigenvalue weighted by molar-refractivity contribution is 0.146. The summed E-state index contributed by atoms with van der Waals surface area (Å²) in [6.45, 7) is 4.09. The second-order valence-electron chi connectivity index (χ2n) is 8.27. The van der Waals surface area contributed by atoms with Crippen LogP contribution in [0, 0.1) is 5.82 Å². The molecule has 8 nitrogen and oxygen atoms in total. The van der Waals surface area contributed by atoms with Gasteiger partial charge in [0.15, 0.2) is 0 Å². The number of urea groups is 1. The number of hydrogen-bond donors (Lipinski definition) is 3. The highest BCUT2D eigenvalue weighted by Crippen LogP contribution is 2.29. The largest absolute Gasteiger partial charge is 0.491 e. The zero-order chi connectivity index (χ0) is 24.6. The Labute approximate surface area is 197 Å². The van der Waals surface area contributed by atoms with Gasteiger partial charge in [0, 0.05) is 37.2 Å². The molecule has 10 heteroatoms. The Balaban J connectivity index is 1.61. The van der Waals surface area contributed by atoms with Gasteiger partial charge in [0.1, 0.15) is 36.0 Å². The second kappa shape index (κ2) is 11.6. The molecule has 1 heterocycles. The molecule has 2 aromatic carbocycles. The van der Waals surface area contributed by atoms with E-state index in [9.17, 15) is 13.6 Å². The Morgan fingerprint density at radius 3 is 2.53 bits per heavy atom. The first-order chi connectivity index (χ1) is 16.2. The van der Waals surface area contributed by atoms with Crippen LogP contribution in [0.15, 0.2) is 42.7 Å². The maximum atomic E-state index is 14.8. The molecule has 0 aliphatic heterocycles. The summed E-state index contributed by atoms with van der Waals surface area (Å²) in [5, 5.41) is 8.73. The number of rotatable bonds is 11. The normalized spacial score (nSPS) is 11.3. The van der Waals surface area contributed by atoms with Crippen molar-refractivity contribution in [3.63, 3.8) is 0 Å². The summed E-state index contributed by atoms with van der Waals surface area (Å²) in [6, 6.07) is 9.42. The van der Waals surface area contributed by atoms with Gasteiger partial charge in [-0.2, -0.15) is 0 Å². The lowest BCUT2D eigenvalue weighted by Gasteiger charge is -2.14. The van der Waals surface area contributed by atoms with Crippen molar-refractivity contribution in [1.29, 1.82) is 0 Å². The molecular weight excluding hydrogens is 444 g/mol. The maximum Gasteiger partial charge on any atom is 0.319 e. The Morgan fingerprint density at radius 2 is 1.82 bits per heavy atom. The Kier molecular flexibility index (Phi) is 8.53. The third kappa shape index (κ3) is 7.51. The van der Waals surface area contributed by atoms with E-state index in [1.54, 1.807) is 37.4 Å². The summed E-state index contributed by atoms with van der Waals surface area (Å²) in [5.41, 5.74) is 0.372. The van der Waals surface area contributed by atoms with E-state index in [1.165, 1.54) is 26.2 Å². The van der Waals surface area contributed by atoms with Crippen LogP contribution in [0.3, 0.4) is 0 Å². The molecule has 0 saturated heterocycles. The van der Waals surface area contributed by atoms with Gasteiger partial charge in [-0.05, 0) is 51.0 Å². The standard InChI is InChI=1S/C24H29F2N5O3/c1-24(2,26)9-4-10-27-23(32)31-17-7-5-16(6-8-17)30-22-21-19(25)13-18(34-12-11-33-3)14-20(21)28-15-29-22/h5-8,13-15H,4,9-12H2,1-3H3,(H2,27,31,32)(H,28,29,30). The predicted molar refractivity (Wildman–Crippen MR) is 128 cm³/mol. The van der Waals surface area contributed by atoms with Crippen LogP contribution in [0.4, 0.5) is 30.8 Å². The maximum absolute atomic E-state index is 14.8. The van der Waals surface area contributed by atoms with Crippen LogP contribution in [0.5, 0.6) is 5.75 Å². The number of halogens is 2. The number of hydrogen-bond acceptors (Lipinski definition) is 6. The summed E-state index contributed by atoms with van der Waals surface area (Å²) >= 11 is 0. The third-order valence-electron chi connectivity index (χ3n) is 4.86. The lowest BCUT2D eigenvalue weighted by Crippen LogP contribution is -2.30. The number of carbonyl (C=O) groups excluding carboxylic acids is 1. The summed E-state index contributed by atoms with van der Waals surface area (Å²) in [6.07, 6.45) is 2.26. The van der Waals surface area contributed by atoms with Crippen LogP contribution in [-0.4, -0.2) is 48.5 Å². The number of aromatic nitrogens is 2. The first kappa shape index (κ1) is 25.1. The van der Waals surface area contributed by atoms with Gasteiger partial charge in [0.2, 0.25) is 0 Å². The molecule has 2 amide bonds. The number of carbonyl (C=O) groups is 1. The Hall–Kier alpha value is -3.53. The summed E-state index contributed by atoms with van der Waals surface area (Å²) in [5.74, 6) is 0.146. The van der Waals surface area contributed by atoms with Crippen LogP contribution in [-0.2, 0) is 4.74 Å². The molecule has 34 heavy (non-hydrogen) atoms. The van der Waals surface area contributed by atoms with E-state index in [2.05, 4.69) is 25.9 Å². The van der Waals surface area contributed by atoms with E-state index in [0.29, 0.717) is 61.1 Å². The highest BCUT2D eigenvalue weighted by molar-refractivity contribution is 5.92. The molecular formula is C24H29F2N5O3. The molecule has 3 rings (SSSR count). The molecule has 182 valence electrons. The minimum absolute atomic E-state index is 0.236. The molecule has 0 atom stereocenters. The first-order valence-electron chi connectivity index (χ1n) is 10.9. The van der Waals surface area contributed by atoms with Gasteiger partial charge in [0.05, 0.1) is 17.5 Å². The smallest absolute Gasteiger partial charge is 0.319 e. The number of ether oxygens (including phenoxy) is 2. The fourth-order valence-electron chi connectivity index (χ4n) is 3.20. The van der Waals surface area contributed by atoms with Crippen LogP contribution in [0.25, 0.3) is 10.9 Å². The molecule has 0 aliphatic rings. The molecule has 0 saturated carbocycles. The van der Waals surface area contributed by atoms with Crippen LogP contribution < -0.4 is 20.7 Å². The van der Waals surface area contributed by atoms with Crippen molar-refractivity contribution >= 4 is 34.1 Å². The molecule has 0 bridgehead atoms. The Morgan fingerprint density at radius 1 is 1.09 bits per heavy atom. The number of amides is 2. The van der Waals surface area contributed by atoms with Crippen molar-refractivity contribution in [2.45, 2.75) is 32.4 Å². The van der Waals surface area contributed by atoms with E-state index < -0.39 is 11.5 Å². The van der Waals surface area contributed by atoms with Gasteiger partial charge in [-0.3, -0.25) is 0 Å². The Bertz CT molecular complexity index is 1100. The monoisotopic (exact) mass is 473 g/mol. The highest BCUT2D eigenvalue weighted by Gasteiger charge is 2.15. The number of fused-ring (bicyclic) bond motifs is 1. The van der Waals surface area contributed by atoms with Crippen LogP contribution in [0.2, 0.25) is 0 Å². The summed E-state index contributed by atoms with van der Waals surface area (Å²) < 4.78 is 38.7.